The van der Waals surface area contributed by atoms with E-state index in [0.717, 1.165) is 18.4 Å². The second-order valence-corrected chi connectivity index (χ2v) is 6.81. The molecule has 1 aromatic carbocycles. The minimum Gasteiger partial charge on any atom is -0.399 e. The van der Waals surface area contributed by atoms with Gasteiger partial charge in [0.05, 0.1) is 11.0 Å². The molecule has 0 aliphatic heterocycles. The predicted octanol–water partition coefficient (Wildman–Crippen LogP) is 2.06. The number of anilines is 1. The summed E-state index contributed by atoms with van der Waals surface area (Å²) in [6.07, 6.45) is 1.80. The highest BCUT2D eigenvalue weighted by molar-refractivity contribution is 7.89. The first-order valence-corrected chi connectivity index (χ1v) is 8.28. The summed E-state index contributed by atoms with van der Waals surface area (Å²) in [5, 5.41) is 0. The van der Waals surface area contributed by atoms with Crippen LogP contribution in [0.4, 0.5) is 5.69 Å². The molecule has 20 heavy (non-hydrogen) atoms. The average molecular weight is 300 g/mol. The maximum atomic E-state index is 12.1. The number of rotatable bonds is 8. The van der Waals surface area contributed by atoms with Crippen LogP contribution in [0.15, 0.2) is 23.1 Å². The van der Waals surface area contributed by atoms with Gasteiger partial charge in [-0.05, 0) is 57.4 Å². The molecule has 0 aliphatic carbocycles. The van der Waals surface area contributed by atoms with E-state index in [1.165, 1.54) is 6.07 Å². The zero-order chi connectivity index (χ0) is 15.2. The number of hydrogen-bond donors (Lipinski definition) is 2. The van der Waals surface area contributed by atoms with Crippen LogP contribution in [0.3, 0.4) is 0 Å². The van der Waals surface area contributed by atoms with Crippen molar-refractivity contribution >= 4 is 15.7 Å². The minimum atomic E-state index is -3.45. The molecule has 0 amide bonds. The smallest absolute Gasteiger partial charge is 0.240 e. The van der Waals surface area contributed by atoms with E-state index in [0.29, 0.717) is 18.8 Å². The van der Waals surface area contributed by atoms with Crippen LogP contribution in [0.25, 0.3) is 0 Å². The fourth-order valence-electron chi connectivity index (χ4n) is 1.65. The Hall–Kier alpha value is -1.11. The Morgan fingerprint density at radius 1 is 1.30 bits per heavy atom. The van der Waals surface area contributed by atoms with Crippen LogP contribution in [0.1, 0.15) is 32.3 Å². The van der Waals surface area contributed by atoms with Gasteiger partial charge in [0.2, 0.25) is 10.0 Å². The minimum absolute atomic E-state index is 0.212. The van der Waals surface area contributed by atoms with Crippen LogP contribution >= 0.6 is 0 Å². The molecule has 3 N–H and O–H groups in total. The van der Waals surface area contributed by atoms with E-state index in [4.69, 9.17) is 10.5 Å². The Bertz CT molecular complexity index is 527. The van der Waals surface area contributed by atoms with Gasteiger partial charge >= 0.3 is 0 Å². The summed E-state index contributed by atoms with van der Waals surface area (Å²) in [6, 6.07) is 4.71. The SMILES string of the molecule is Cc1cc(S(=O)(=O)NCCCCOC(C)C)ccc1N. The van der Waals surface area contributed by atoms with Crippen LogP contribution in [0, 0.1) is 6.92 Å². The number of hydrogen-bond acceptors (Lipinski definition) is 4. The van der Waals surface area contributed by atoms with Crippen LogP contribution < -0.4 is 10.5 Å². The molecule has 1 aromatic rings. The maximum absolute atomic E-state index is 12.1. The van der Waals surface area contributed by atoms with Crippen molar-refractivity contribution in [3.05, 3.63) is 23.8 Å². The van der Waals surface area contributed by atoms with Crippen molar-refractivity contribution in [2.75, 3.05) is 18.9 Å². The summed E-state index contributed by atoms with van der Waals surface area (Å²) in [5.74, 6) is 0. The highest BCUT2D eigenvalue weighted by Crippen LogP contribution is 2.16. The van der Waals surface area contributed by atoms with E-state index < -0.39 is 10.0 Å². The van der Waals surface area contributed by atoms with Gasteiger partial charge in [-0.3, -0.25) is 0 Å². The lowest BCUT2D eigenvalue weighted by atomic mass is 10.2. The van der Waals surface area contributed by atoms with Gasteiger partial charge in [-0.2, -0.15) is 0 Å². The third-order valence-electron chi connectivity index (χ3n) is 2.87. The Labute approximate surface area is 121 Å². The molecule has 0 aromatic heterocycles. The standard InChI is InChI=1S/C14H24N2O3S/c1-11(2)19-9-5-4-8-16-20(17,18)13-6-7-14(15)12(3)10-13/h6-7,10-11,16H,4-5,8-9,15H2,1-3H3. The number of nitrogen functional groups attached to an aromatic ring is 1. The molecule has 5 nitrogen and oxygen atoms in total. The quantitative estimate of drug-likeness (QED) is 0.569. The number of nitrogens with two attached hydrogens (primary N) is 1. The summed E-state index contributed by atoms with van der Waals surface area (Å²) in [5.41, 5.74) is 7.04. The van der Waals surface area contributed by atoms with Crippen molar-refractivity contribution in [2.45, 2.75) is 44.6 Å². The molecule has 1 rings (SSSR count). The van der Waals surface area contributed by atoms with Gasteiger partial charge in [-0.15, -0.1) is 0 Å². The van der Waals surface area contributed by atoms with Crippen molar-refractivity contribution in [1.82, 2.24) is 4.72 Å². The van der Waals surface area contributed by atoms with Gasteiger partial charge in [-0.1, -0.05) is 0 Å². The van der Waals surface area contributed by atoms with Crippen molar-refractivity contribution in [2.24, 2.45) is 0 Å². The number of benzene rings is 1. The Balaban J connectivity index is 2.43. The molecule has 0 saturated carbocycles. The van der Waals surface area contributed by atoms with Gasteiger partial charge in [0, 0.05) is 18.8 Å². The average Bonchev–Trinajstić information content (AvgIpc) is 2.36. The lowest BCUT2D eigenvalue weighted by Crippen LogP contribution is -2.25. The number of sulfonamides is 1. The van der Waals surface area contributed by atoms with Gasteiger partial charge in [0.15, 0.2) is 0 Å². The van der Waals surface area contributed by atoms with E-state index in [2.05, 4.69) is 4.72 Å². The summed E-state index contributed by atoms with van der Waals surface area (Å²) in [7, 11) is -3.45. The van der Waals surface area contributed by atoms with Gasteiger partial charge in [0.25, 0.3) is 0 Å². The molecule has 114 valence electrons. The molecule has 0 bridgehead atoms. The van der Waals surface area contributed by atoms with Crippen molar-refractivity contribution in [3.8, 4) is 0 Å². The Kier molecular flexibility index (Phi) is 6.45. The van der Waals surface area contributed by atoms with Crippen molar-refractivity contribution < 1.29 is 13.2 Å². The molecule has 0 aliphatic rings. The van der Waals surface area contributed by atoms with Gasteiger partial charge in [0.1, 0.15) is 0 Å². The second-order valence-electron chi connectivity index (χ2n) is 5.04. The molecule has 0 heterocycles. The lowest BCUT2D eigenvalue weighted by Gasteiger charge is -2.09. The van der Waals surface area contributed by atoms with Crippen LogP contribution in [-0.4, -0.2) is 27.7 Å². The molecule has 0 radical (unpaired) electrons. The highest BCUT2D eigenvalue weighted by Gasteiger charge is 2.13. The van der Waals surface area contributed by atoms with Crippen LogP contribution in [-0.2, 0) is 14.8 Å². The lowest BCUT2D eigenvalue weighted by molar-refractivity contribution is 0.0762. The molecule has 6 heteroatoms. The van der Waals surface area contributed by atoms with Gasteiger partial charge in [-0.25, -0.2) is 13.1 Å². The molecule has 0 fully saturated rings. The summed E-state index contributed by atoms with van der Waals surface area (Å²) < 4.78 is 32.1. The van der Waals surface area contributed by atoms with E-state index >= 15 is 0 Å². The van der Waals surface area contributed by atoms with E-state index in [9.17, 15) is 8.42 Å². The molecule has 0 unspecified atom stereocenters. The molecule has 0 saturated heterocycles. The number of ether oxygens (including phenoxy) is 1. The topological polar surface area (TPSA) is 81.4 Å². The third kappa shape index (κ3) is 5.48. The second kappa shape index (κ2) is 7.61. The monoisotopic (exact) mass is 300 g/mol. The number of nitrogens with one attached hydrogen (secondary N) is 1. The molecule has 0 atom stereocenters. The third-order valence-corrected chi connectivity index (χ3v) is 4.32. The number of unbranched alkanes of at least 4 members (excludes halogenated alkanes) is 1. The van der Waals surface area contributed by atoms with E-state index in [1.54, 1.807) is 19.1 Å². The Morgan fingerprint density at radius 2 is 2.00 bits per heavy atom. The van der Waals surface area contributed by atoms with Gasteiger partial charge < -0.3 is 10.5 Å². The Morgan fingerprint density at radius 3 is 2.60 bits per heavy atom. The first-order chi connectivity index (χ1) is 9.33. The zero-order valence-corrected chi connectivity index (χ0v) is 13.2. The molecule has 0 spiro atoms. The predicted molar refractivity (Wildman–Crippen MR) is 81.1 cm³/mol. The van der Waals surface area contributed by atoms with Crippen molar-refractivity contribution in [1.29, 1.82) is 0 Å². The normalized spacial score (nSPS) is 12.0. The van der Waals surface area contributed by atoms with Crippen LogP contribution in [0.2, 0.25) is 0 Å². The van der Waals surface area contributed by atoms with Crippen molar-refractivity contribution in [3.63, 3.8) is 0 Å². The summed E-state index contributed by atoms with van der Waals surface area (Å²) in [6.45, 7) is 6.81. The largest absolute Gasteiger partial charge is 0.399 e. The fourth-order valence-corrected chi connectivity index (χ4v) is 2.81. The highest BCUT2D eigenvalue weighted by atomic mass is 32.2. The van der Waals surface area contributed by atoms with E-state index in [1.807, 2.05) is 13.8 Å². The van der Waals surface area contributed by atoms with Crippen LogP contribution in [0.5, 0.6) is 0 Å². The fraction of sp³-hybridized carbons (Fsp3) is 0.571. The first kappa shape index (κ1) is 16.9. The van der Waals surface area contributed by atoms with E-state index in [-0.39, 0.29) is 11.0 Å². The summed E-state index contributed by atoms with van der Waals surface area (Å²) >= 11 is 0. The maximum Gasteiger partial charge on any atom is 0.240 e. The first-order valence-electron chi connectivity index (χ1n) is 6.80. The summed E-state index contributed by atoms with van der Waals surface area (Å²) in [4.78, 5) is 0.252. The molecular weight excluding hydrogens is 276 g/mol. The molecular formula is C14H24N2O3S. The zero-order valence-electron chi connectivity index (χ0n) is 12.3. The number of aryl methyl sites for hydroxylation is 1.